The van der Waals surface area contributed by atoms with E-state index in [0.717, 1.165) is 12.1 Å². The summed E-state index contributed by atoms with van der Waals surface area (Å²) in [4.78, 5) is 33.7. The number of alkyl halides is 3. The van der Waals surface area contributed by atoms with Crippen LogP contribution >= 0.6 is 0 Å². The number of rotatable bonds is 4. The molecule has 2 amide bonds. The SMILES string of the molecule is CC1=C(C(=O)OCC(F)(F)F)[C@H](c2ccc([N+](=O)[O-])cc2)NC(=O)N1. The van der Waals surface area contributed by atoms with Gasteiger partial charge in [0.05, 0.1) is 16.5 Å². The van der Waals surface area contributed by atoms with Gasteiger partial charge in [-0.3, -0.25) is 10.1 Å². The van der Waals surface area contributed by atoms with Crippen LogP contribution in [0.5, 0.6) is 0 Å². The van der Waals surface area contributed by atoms with Crippen molar-refractivity contribution in [3.8, 4) is 0 Å². The number of esters is 1. The molecule has 0 aromatic heterocycles. The molecule has 0 saturated heterocycles. The van der Waals surface area contributed by atoms with Crippen molar-refractivity contribution in [2.24, 2.45) is 0 Å². The van der Waals surface area contributed by atoms with Crippen molar-refractivity contribution in [3.05, 3.63) is 51.2 Å². The molecule has 0 aliphatic carbocycles. The first kappa shape index (κ1) is 18.2. The number of hydrogen-bond acceptors (Lipinski definition) is 5. The van der Waals surface area contributed by atoms with Gasteiger partial charge in [-0.25, -0.2) is 9.59 Å². The van der Waals surface area contributed by atoms with Crippen LogP contribution in [0.25, 0.3) is 0 Å². The highest BCUT2D eigenvalue weighted by atomic mass is 19.4. The molecule has 11 heteroatoms. The van der Waals surface area contributed by atoms with E-state index in [1.54, 1.807) is 0 Å². The lowest BCUT2D eigenvalue weighted by molar-refractivity contribution is -0.384. The Morgan fingerprint density at radius 3 is 2.44 bits per heavy atom. The number of nitro groups is 1. The van der Waals surface area contributed by atoms with Crippen LogP contribution < -0.4 is 10.6 Å². The number of halogens is 3. The summed E-state index contributed by atoms with van der Waals surface area (Å²) >= 11 is 0. The maximum absolute atomic E-state index is 12.2. The Bertz CT molecular complexity index is 743. The quantitative estimate of drug-likeness (QED) is 0.487. The zero-order valence-electron chi connectivity index (χ0n) is 12.7. The molecule has 1 aliphatic heterocycles. The second-order valence-electron chi connectivity index (χ2n) is 5.11. The molecule has 25 heavy (non-hydrogen) atoms. The summed E-state index contributed by atoms with van der Waals surface area (Å²) < 4.78 is 41.0. The van der Waals surface area contributed by atoms with Gasteiger partial charge in [0.15, 0.2) is 6.61 Å². The van der Waals surface area contributed by atoms with Crippen LogP contribution in [0.2, 0.25) is 0 Å². The number of allylic oxidation sites excluding steroid dienone is 1. The first-order valence-electron chi connectivity index (χ1n) is 6.85. The van der Waals surface area contributed by atoms with Crippen molar-refractivity contribution in [2.75, 3.05) is 6.61 Å². The molecule has 1 heterocycles. The number of benzene rings is 1. The number of ether oxygens (including phenoxy) is 1. The van der Waals surface area contributed by atoms with E-state index in [-0.39, 0.29) is 22.5 Å². The highest BCUT2D eigenvalue weighted by molar-refractivity contribution is 5.95. The van der Waals surface area contributed by atoms with E-state index in [1.807, 2.05) is 0 Å². The molecule has 0 spiro atoms. The van der Waals surface area contributed by atoms with Gasteiger partial charge in [0.1, 0.15) is 0 Å². The topological polar surface area (TPSA) is 111 Å². The minimum atomic E-state index is -4.70. The van der Waals surface area contributed by atoms with Gasteiger partial charge in [0, 0.05) is 17.8 Å². The Kier molecular flexibility index (Phi) is 4.95. The molecule has 0 fully saturated rings. The summed E-state index contributed by atoms with van der Waals surface area (Å²) in [5.41, 5.74) is -0.137. The van der Waals surface area contributed by atoms with Gasteiger partial charge in [0.25, 0.3) is 5.69 Å². The molecule has 1 atom stereocenters. The van der Waals surface area contributed by atoms with Gasteiger partial charge in [-0.15, -0.1) is 0 Å². The third-order valence-electron chi connectivity index (χ3n) is 3.29. The van der Waals surface area contributed by atoms with E-state index in [1.165, 1.54) is 19.1 Å². The molecule has 0 unspecified atom stereocenters. The Morgan fingerprint density at radius 2 is 1.92 bits per heavy atom. The fourth-order valence-electron chi connectivity index (χ4n) is 2.23. The number of carbonyl (C=O) groups excluding carboxylic acids is 2. The largest absolute Gasteiger partial charge is 0.453 e. The van der Waals surface area contributed by atoms with Crippen molar-refractivity contribution >= 4 is 17.7 Å². The Hall–Kier alpha value is -3.11. The number of nitrogens with one attached hydrogen (secondary N) is 2. The zero-order chi connectivity index (χ0) is 18.8. The van der Waals surface area contributed by atoms with Crippen LogP contribution in [-0.4, -0.2) is 29.7 Å². The first-order chi connectivity index (χ1) is 11.6. The zero-order valence-corrected chi connectivity index (χ0v) is 12.7. The highest BCUT2D eigenvalue weighted by Crippen LogP contribution is 2.29. The average molecular weight is 359 g/mol. The lowest BCUT2D eigenvalue weighted by atomic mass is 9.95. The molecule has 1 aromatic rings. The smallest absolute Gasteiger partial charge is 0.422 e. The van der Waals surface area contributed by atoms with E-state index >= 15 is 0 Å². The predicted octanol–water partition coefficient (Wildman–Crippen LogP) is 2.33. The minimum Gasteiger partial charge on any atom is -0.453 e. The summed E-state index contributed by atoms with van der Waals surface area (Å²) in [5, 5.41) is 15.3. The van der Waals surface area contributed by atoms with Gasteiger partial charge in [0.2, 0.25) is 0 Å². The summed E-state index contributed by atoms with van der Waals surface area (Å²) in [7, 11) is 0. The maximum atomic E-state index is 12.2. The second kappa shape index (κ2) is 6.79. The number of nitrogens with zero attached hydrogens (tertiary/aromatic N) is 1. The van der Waals surface area contributed by atoms with Crippen molar-refractivity contribution < 1.29 is 32.4 Å². The molecular formula is C14H12F3N3O5. The first-order valence-corrected chi connectivity index (χ1v) is 6.85. The number of nitro benzene ring substituents is 1. The molecule has 2 rings (SSSR count). The van der Waals surface area contributed by atoms with E-state index in [0.29, 0.717) is 0 Å². The summed E-state index contributed by atoms with van der Waals surface area (Å²) in [6.45, 7) is -0.440. The Labute approximate surface area is 138 Å². The van der Waals surface area contributed by atoms with Gasteiger partial charge in [-0.1, -0.05) is 0 Å². The fourth-order valence-corrected chi connectivity index (χ4v) is 2.23. The lowest BCUT2D eigenvalue weighted by Crippen LogP contribution is -2.45. The van der Waals surface area contributed by atoms with Crippen LogP contribution in [0.3, 0.4) is 0 Å². The molecule has 134 valence electrons. The summed E-state index contributed by atoms with van der Waals surface area (Å²) in [6.07, 6.45) is -4.70. The molecule has 1 aliphatic rings. The summed E-state index contributed by atoms with van der Waals surface area (Å²) in [5.74, 6) is -1.26. The average Bonchev–Trinajstić information content (AvgIpc) is 2.51. The van der Waals surface area contributed by atoms with Crippen molar-refractivity contribution in [1.82, 2.24) is 10.6 Å². The number of non-ortho nitro benzene ring substituents is 1. The molecule has 0 radical (unpaired) electrons. The third kappa shape index (κ3) is 4.46. The van der Waals surface area contributed by atoms with Crippen LogP contribution in [0.1, 0.15) is 18.5 Å². The van der Waals surface area contributed by atoms with Gasteiger partial charge in [-0.05, 0) is 24.6 Å². The second-order valence-corrected chi connectivity index (χ2v) is 5.11. The molecular weight excluding hydrogens is 347 g/mol. The number of carbonyl (C=O) groups is 2. The number of urea groups is 1. The fraction of sp³-hybridized carbons (Fsp3) is 0.286. The molecule has 1 aromatic carbocycles. The van der Waals surface area contributed by atoms with Crippen LogP contribution in [0.15, 0.2) is 35.5 Å². The van der Waals surface area contributed by atoms with E-state index in [9.17, 15) is 32.9 Å². The lowest BCUT2D eigenvalue weighted by Gasteiger charge is -2.28. The van der Waals surface area contributed by atoms with Crippen molar-refractivity contribution in [3.63, 3.8) is 0 Å². The number of hydrogen-bond donors (Lipinski definition) is 2. The van der Waals surface area contributed by atoms with Crippen molar-refractivity contribution in [2.45, 2.75) is 19.1 Å². The normalized spacial score (nSPS) is 17.6. The maximum Gasteiger partial charge on any atom is 0.422 e. The molecule has 0 bridgehead atoms. The molecule has 2 N–H and O–H groups in total. The highest BCUT2D eigenvalue weighted by Gasteiger charge is 2.35. The van der Waals surface area contributed by atoms with E-state index in [2.05, 4.69) is 15.4 Å². The van der Waals surface area contributed by atoms with Crippen LogP contribution in [0.4, 0.5) is 23.7 Å². The van der Waals surface area contributed by atoms with Gasteiger partial charge >= 0.3 is 18.2 Å². The van der Waals surface area contributed by atoms with Crippen LogP contribution in [0, 0.1) is 10.1 Å². The standard InChI is InChI=1S/C14H12F3N3O5/c1-7-10(12(21)25-6-14(15,16)17)11(19-13(22)18-7)8-2-4-9(5-3-8)20(23)24/h2-5,11H,6H2,1H3,(H2,18,19,22)/t11-/m0/s1. The summed E-state index contributed by atoms with van der Waals surface area (Å²) in [6, 6.07) is 3.11. The van der Waals surface area contributed by atoms with Crippen molar-refractivity contribution in [1.29, 1.82) is 0 Å². The molecule has 0 saturated carbocycles. The van der Waals surface area contributed by atoms with Crippen LogP contribution in [-0.2, 0) is 9.53 Å². The Morgan fingerprint density at radius 1 is 1.32 bits per heavy atom. The predicted molar refractivity (Wildman–Crippen MR) is 77.2 cm³/mol. The monoisotopic (exact) mass is 359 g/mol. The molecule has 8 nitrogen and oxygen atoms in total. The third-order valence-corrected chi connectivity index (χ3v) is 3.29. The minimum absolute atomic E-state index is 0.0271. The van der Waals surface area contributed by atoms with Gasteiger partial charge < -0.3 is 15.4 Å². The number of amides is 2. The van der Waals surface area contributed by atoms with Gasteiger partial charge in [-0.2, -0.15) is 13.2 Å². The Balaban J connectivity index is 2.33. The van der Waals surface area contributed by atoms with E-state index in [4.69, 9.17) is 0 Å². The van der Waals surface area contributed by atoms with E-state index < -0.39 is 35.7 Å².